The van der Waals surface area contributed by atoms with Gasteiger partial charge in [0.1, 0.15) is 6.10 Å². The van der Waals surface area contributed by atoms with Crippen molar-refractivity contribution >= 4 is 5.97 Å². The van der Waals surface area contributed by atoms with Crippen LogP contribution in [0.5, 0.6) is 0 Å². The SMILES string of the molecule is CC(=O)O[C@H]1CCC2OCCC21. The summed E-state index contributed by atoms with van der Waals surface area (Å²) in [6.45, 7) is 2.32. The smallest absolute Gasteiger partial charge is 0.302 e. The zero-order valence-electron chi connectivity index (χ0n) is 7.29. The van der Waals surface area contributed by atoms with Gasteiger partial charge >= 0.3 is 5.97 Å². The molecule has 0 aromatic rings. The van der Waals surface area contributed by atoms with Gasteiger partial charge in [-0.25, -0.2) is 0 Å². The van der Waals surface area contributed by atoms with Crippen molar-refractivity contribution in [3.05, 3.63) is 0 Å². The van der Waals surface area contributed by atoms with Crippen molar-refractivity contribution in [2.45, 2.75) is 38.4 Å². The lowest BCUT2D eigenvalue weighted by molar-refractivity contribution is -0.148. The predicted octanol–water partition coefficient (Wildman–Crippen LogP) is 1.12. The summed E-state index contributed by atoms with van der Waals surface area (Å²) in [4.78, 5) is 10.7. The van der Waals surface area contributed by atoms with Crippen molar-refractivity contribution < 1.29 is 14.3 Å². The number of carbonyl (C=O) groups excluding carboxylic acids is 1. The van der Waals surface area contributed by atoms with Gasteiger partial charge in [-0.2, -0.15) is 0 Å². The zero-order valence-corrected chi connectivity index (χ0v) is 7.29. The molecule has 3 heteroatoms. The average Bonchev–Trinajstić information content (AvgIpc) is 2.52. The summed E-state index contributed by atoms with van der Waals surface area (Å²) in [5.41, 5.74) is 0. The van der Waals surface area contributed by atoms with Crippen LogP contribution < -0.4 is 0 Å². The standard InChI is InChI=1S/C9H14O3/c1-6(10)12-9-3-2-8-7(9)4-5-11-8/h7-9H,2-5H2,1H3/t7?,8?,9-/m0/s1. The summed E-state index contributed by atoms with van der Waals surface area (Å²) < 4.78 is 10.7. The van der Waals surface area contributed by atoms with Gasteiger partial charge in [0.05, 0.1) is 6.10 Å². The second-order valence-electron chi connectivity index (χ2n) is 3.59. The Morgan fingerprint density at radius 1 is 1.42 bits per heavy atom. The van der Waals surface area contributed by atoms with Gasteiger partial charge < -0.3 is 9.47 Å². The molecule has 68 valence electrons. The maximum Gasteiger partial charge on any atom is 0.302 e. The number of esters is 1. The molecule has 1 saturated carbocycles. The Bertz CT molecular complexity index is 190. The van der Waals surface area contributed by atoms with Crippen LogP contribution >= 0.6 is 0 Å². The lowest BCUT2D eigenvalue weighted by Crippen LogP contribution is -2.23. The monoisotopic (exact) mass is 170 g/mol. The second kappa shape index (κ2) is 3.05. The molecule has 0 aromatic heterocycles. The predicted molar refractivity (Wildman–Crippen MR) is 42.6 cm³/mol. The van der Waals surface area contributed by atoms with Crippen LogP contribution in [0, 0.1) is 5.92 Å². The number of hydrogen-bond acceptors (Lipinski definition) is 3. The Morgan fingerprint density at radius 3 is 3.00 bits per heavy atom. The van der Waals surface area contributed by atoms with Gasteiger partial charge in [-0.1, -0.05) is 0 Å². The van der Waals surface area contributed by atoms with Crippen molar-refractivity contribution in [2.75, 3.05) is 6.61 Å². The van der Waals surface area contributed by atoms with Gasteiger partial charge in [-0.05, 0) is 19.3 Å². The highest BCUT2D eigenvalue weighted by Crippen LogP contribution is 2.37. The first kappa shape index (κ1) is 8.05. The molecular weight excluding hydrogens is 156 g/mol. The number of ether oxygens (including phenoxy) is 2. The van der Waals surface area contributed by atoms with Gasteiger partial charge in [0, 0.05) is 19.4 Å². The van der Waals surface area contributed by atoms with Gasteiger partial charge in [-0.3, -0.25) is 4.79 Å². The molecule has 0 N–H and O–H groups in total. The van der Waals surface area contributed by atoms with E-state index in [1.807, 2.05) is 0 Å². The topological polar surface area (TPSA) is 35.5 Å². The van der Waals surface area contributed by atoms with Crippen LogP contribution in [0.15, 0.2) is 0 Å². The van der Waals surface area contributed by atoms with Crippen LogP contribution in [-0.2, 0) is 14.3 Å². The van der Waals surface area contributed by atoms with Crippen LogP contribution in [0.2, 0.25) is 0 Å². The maximum absolute atomic E-state index is 10.7. The van der Waals surface area contributed by atoms with Crippen LogP contribution in [0.1, 0.15) is 26.2 Å². The van der Waals surface area contributed by atoms with E-state index >= 15 is 0 Å². The van der Waals surface area contributed by atoms with Crippen molar-refractivity contribution in [1.82, 2.24) is 0 Å². The average molecular weight is 170 g/mol. The van der Waals surface area contributed by atoms with E-state index in [0.29, 0.717) is 12.0 Å². The first-order valence-electron chi connectivity index (χ1n) is 4.56. The van der Waals surface area contributed by atoms with Gasteiger partial charge in [0.25, 0.3) is 0 Å². The highest BCUT2D eigenvalue weighted by Gasteiger charge is 2.41. The Balaban J connectivity index is 1.95. The molecular formula is C9H14O3. The van der Waals surface area contributed by atoms with E-state index in [2.05, 4.69) is 0 Å². The molecule has 2 rings (SSSR count). The van der Waals surface area contributed by atoms with E-state index in [4.69, 9.17) is 9.47 Å². The molecule has 1 saturated heterocycles. The quantitative estimate of drug-likeness (QED) is 0.553. The van der Waals surface area contributed by atoms with E-state index < -0.39 is 0 Å². The molecule has 0 aromatic carbocycles. The van der Waals surface area contributed by atoms with Crippen LogP contribution in [-0.4, -0.2) is 24.8 Å². The molecule has 1 heterocycles. The molecule has 0 spiro atoms. The summed E-state index contributed by atoms with van der Waals surface area (Å²) in [5.74, 6) is 0.321. The van der Waals surface area contributed by atoms with Crippen molar-refractivity contribution in [1.29, 1.82) is 0 Å². The van der Waals surface area contributed by atoms with E-state index in [9.17, 15) is 4.79 Å². The zero-order chi connectivity index (χ0) is 8.55. The summed E-state index contributed by atoms with van der Waals surface area (Å²) >= 11 is 0. The molecule has 0 amide bonds. The summed E-state index contributed by atoms with van der Waals surface area (Å²) in [6.07, 6.45) is 3.60. The molecule has 3 atom stereocenters. The normalized spacial score (nSPS) is 39.6. The van der Waals surface area contributed by atoms with E-state index in [0.717, 1.165) is 25.9 Å². The number of carbonyl (C=O) groups is 1. The largest absolute Gasteiger partial charge is 0.462 e. The number of fused-ring (bicyclic) bond motifs is 1. The molecule has 1 aliphatic heterocycles. The molecule has 2 aliphatic rings. The van der Waals surface area contributed by atoms with Crippen molar-refractivity contribution in [3.63, 3.8) is 0 Å². The lowest BCUT2D eigenvalue weighted by atomic mass is 10.0. The van der Waals surface area contributed by atoms with Crippen molar-refractivity contribution in [3.8, 4) is 0 Å². The summed E-state index contributed by atoms with van der Waals surface area (Å²) in [6, 6.07) is 0. The van der Waals surface area contributed by atoms with E-state index in [1.54, 1.807) is 0 Å². The van der Waals surface area contributed by atoms with Crippen LogP contribution in [0.4, 0.5) is 0 Å². The Hall–Kier alpha value is -0.570. The first-order chi connectivity index (χ1) is 5.77. The third-order valence-corrected chi connectivity index (χ3v) is 2.79. The van der Waals surface area contributed by atoms with E-state index in [-0.39, 0.29) is 12.1 Å². The number of hydrogen-bond donors (Lipinski definition) is 0. The molecule has 0 bridgehead atoms. The lowest BCUT2D eigenvalue weighted by Gasteiger charge is -2.16. The highest BCUT2D eigenvalue weighted by molar-refractivity contribution is 5.66. The minimum Gasteiger partial charge on any atom is -0.462 e. The first-order valence-corrected chi connectivity index (χ1v) is 4.56. The molecule has 2 fully saturated rings. The van der Waals surface area contributed by atoms with Gasteiger partial charge in [0.2, 0.25) is 0 Å². The summed E-state index contributed by atoms with van der Waals surface area (Å²) in [5, 5.41) is 0. The highest BCUT2D eigenvalue weighted by atomic mass is 16.5. The Labute approximate surface area is 72.0 Å². The van der Waals surface area contributed by atoms with E-state index in [1.165, 1.54) is 6.92 Å². The van der Waals surface area contributed by atoms with Gasteiger partial charge in [-0.15, -0.1) is 0 Å². The Morgan fingerprint density at radius 2 is 2.25 bits per heavy atom. The number of rotatable bonds is 1. The molecule has 3 nitrogen and oxygen atoms in total. The summed E-state index contributed by atoms with van der Waals surface area (Å²) in [7, 11) is 0. The second-order valence-corrected chi connectivity index (χ2v) is 3.59. The molecule has 2 unspecified atom stereocenters. The fourth-order valence-electron chi connectivity index (χ4n) is 2.29. The van der Waals surface area contributed by atoms with Crippen LogP contribution in [0.3, 0.4) is 0 Å². The fraction of sp³-hybridized carbons (Fsp3) is 0.889. The Kier molecular flexibility index (Phi) is 2.05. The fourth-order valence-corrected chi connectivity index (χ4v) is 2.29. The molecule has 12 heavy (non-hydrogen) atoms. The van der Waals surface area contributed by atoms with Gasteiger partial charge in [0.15, 0.2) is 0 Å². The minimum absolute atomic E-state index is 0.134. The van der Waals surface area contributed by atoms with Crippen molar-refractivity contribution in [2.24, 2.45) is 5.92 Å². The minimum atomic E-state index is -0.160. The third kappa shape index (κ3) is 1.33. The molecule has 1 aliphatic carbocycles. The maximum atomic E-state index is 10.7. The molecule has 0 radical (unpaired) electrons. The van der Waals surface area contributed by atoms with Crippen LogP contribution in [0.25, 0.3) is 0 Å². The third-order valence-electron chi connectivity index (χ3n) is 2.79.